The first-order valence-corrected chi connectivity index (χ1v) is 8.10. The zero-order chi connectivity index (χ0) is 12.7. The summed E-state index contributed by atoms with van der Waals surface area (Å²) in [6.07, 6.45) is 4.38. The number of rotatable bonds is 2. The van der Waals surface area contributed by atoms with E-state index < -0.39 is 0 Å². The summed E-state index contributed by atoms with van der Waals surface area (Å²) in [6, 6.07) is 0.888. The predicted molar refractivity (Wildman–Crippen MR) is 76.6 cm³/mol. The standard InChI is InChI=1S/C16H30N2/c1-11(2)15-5-4-12(3)6-16(15)18-9-13-7-17-8-14(13)10-18/h11-17H,4-10H2,1-3H3. The highest BCUT2D eigenvalue weighted by molar-refractivity contribution is 4.97. The zero-order valence-corrected chi connectivity index (χ0v) is 12.4. The van der Waals surface area contributed by atoms with Gasteiger partial charge >= 0.3 is 0 Å². The molecule has 104 valence electrons. The van der Waals surface area contributed by atoms with Gasteiger partial charge in [-0.2, -0.15) is 0 Å². The second kappa shape index (κ2) is 5.13. The maximum absolute atomic E-state index is 3.56. The van der Waals surface area contributed by atoms with E-state index in [1.54, 1.807) is 0 Å². The highest BCUT2D eigenvalue weighted by atomic mass is 15.2. The van der Waals surface area contributed by atoms with Crippen molar-refractivity contribution < 1.29 is 0 Å². The van der Waals surface area contributed by atoms with Crippen LogP contribution >= 0.6 is 0 Å². The van der Waals surface area contributed by atoms with Crippen molar-refractivity contribution >= 4 is 0 Å². The summed E-state index contributed by atoms with van der Waals surface area (Å²) in [4.78, 5) is 2.87. The average molecular weight is 250 g/mol. The molecule has 2 heterocycles. The van der Waals surface area contributed by atoms with Gasteiger partial charge in [0, 0.05) is 19.1 Å². The lowest BCUT2D eigenvalue weighted by Gasteiger charge is -2.42. The van der Waals surface area contributed by atoms with Crippen LogP contribution in [0.2, 0.25) is 0 Å². The van der Waals surface area contributed by atoms with Crippen LogP contribution in [-0.4, -0.2) is 37.1 Å². The molecule has 5 unspecified atom stereocenters. The third-order valence-electron chi connectivity index (χ3n) is 5.87. The monoisotopic (exact) mass is 250 g/mol. The molecule has 0 amide bonds. The van der Waals surface area contributed by atoms with E-state index in [-0.39, 0.29) is 0 Å². The maximum Gasteiger partial charge on any atom is 0.0129 e. The Bertz CT molecular complexity index is 277. The molecular formula is C16H30N2. The quantitative estimate of drug-likeness (QED) is 0.810. The molecule has 0 bridgehead atoms. The molecule has 1 aliphatic carbocycles. The zero-order valence-electron chi connectivity index (χ0n) is 12.4. The molecule has 1 saturated carbocycles. The fourth-order valence-electron chi connectivity index (χ4n) is 4.73. The second-order valence-electron chi connectivity index (χ2n) is 7.53. The molecule has 3 fully saturated rings. The molecule has 0 aromatic rings. The fraction of sp³-hybridized carbons (Fsp3) is 1.00. The first-order valence-electron chi connectivity index (χ1n) is 8.10. The number of likely N-dealkylation sites (tertiary alicyclic amines) is 1. The van der Waals surface area contributed by atoms with Crippen LogP contribution in [0.4, 0.5) is 0 Å². The molecule has 0 aromatic heterocycles. The predicted octanol–water partition coefficient (Wildman–Crippen LogP) is 2.60. The van der Waals surface area contributed by atoms with Crippen molar-refractivity contribution in [2.75, 3.05) is 26.2 Å². The first kappa shape index (κ1) is 12.9. The lowest BCUT2D eigenvalue weighted by molar-refractivity contribution is 0.0713. The van der Waals surface area contributed by atoms with Gasteiger partial charge in [0.25, 0.3) is 0 Å². The smallest absolute Gasteiger partial charge is 0.0129 e. The average Bonchev–Trinajstić information content (AvgIpc) is 2.88. The topological polar surface area (TPSA) is 15.3 Å². The minimum absolute atomic E-state index is 0.862. The van der Waals surface area contributed by atoms with Crippen LogP contribution in [0.1, 0.15) is 40.0 Å². The molecule has 0 radical (unpaired) electrons. The van der Waals surface area contributed by atoms with E-state index in [9.17, 15) is 0 Å². The van der Waals surface area contributed by atoms with E-state index in [2.05, 4.69) is 31.0 Å². The number of nitrogens with one attached hydrogen (secondary N) is 1. The third-order valence-corrected chi connectivity index (χ3v) is 5.87. The van der Waals surface area contributed by atoms with E-state index >= 15 is 0 Å². The van der Waals surface area contributed by atoms with Gasteiger partial charge in [-0.05, 0) is 55.5 Å². The molecule has 18 heavy (non-hydrogen) atoms. The molecule has 2 saturated heterocycles. The molecule has 2 nitrogen and oxygen atoms in total. The maximum atomic E-state index is 3.56. The van der Waals surface area contributed by atoms with Gasteiger partial charge in [0.15, 0.2) is 0 Å². The van der Waals surface area contributed by atoms with Crippen molar-refractivity contribution in [1.29, 1.82) is 0 Å². The van der Waals surface area contributed by atoms with Crippen molar-refractivity contribution in [1.82, 2.24) is 10.2 Å². The Kier molecular flexibility index (Phi) is 3.68. The SMILES string of the molecule is CC1CCC(C(C)C)C(N2CC3CNCC3C2)C1. The summed E-state index contributed by atoms with van der Waals surface area (Å²) in [5.74, 6) is 4.67. The van der Waals surface area contributed by atoms with Crippen molar-refractivity contribution in [3.05, 3.63) is 0 Å². The molecule has 0 aromatic carbocycles. The Morgan fingerprint density at radius 1 is 1.06 bits per heavy atom. The van der Waals surface area contributed by atoms with Crippen LogP contribution in [-0.2, 0) is 0 Å². The molecule has 3 rings (SSSR count). The van der Waals surface area contributed by atoms with Gasteiger partial charge in [-0.25, -0.2) is 0 Å². The van der Waals surface area contributed by atoms with Crippen LogP contribution < -0.4 is 5.32 Å². The molecule has 5 atom stereocenters. The Balaban J connectivity index is 1.68. The lowest BCUT2D eigenvalue weighted by atomic mass is 9.73. The molecule has 2 heteroatoms. The van der Waals surface area contributed by atoms with Crippen LogP contribution in [0.15, 0.2) is 0 Å². The minimum atomic E-state index is 0.862. The highest BCUT2D eigenvalue weighted by Crippen LogP contribution is 2.39. The van der Waals surface area contributed by atoms with E-state index in [4.69, 9.17) is 0 Å². The molecule has 2 aliphatic heterocycles. The Morgan fingerprint density at radius 3 is 2.33 bits per heavy atom. The van der Waals surface area contributed by atoms with Gasteiger partial charge in [0.05, 0.1) is 0 Å². The Morgan fingerprint density at radius 2 is 1.72 bits per heavy atom. The summed E-state index contributed by atoms with van der Waals surface area (Å²) in [7, 11) is 0. The van der Waals surface area contributed by atoms with Crippen molar-refractivity contribution in [2.24, 2.45) is 29.6 Å². The largest absolute Gasteiger partial charge is 0.316 e. The van der Waals surface area contributed by atoms with E-state index in [1.165, 1.54) is 45.4 Å². The number of hydrogen-bond acceptors (Lipinski definition) is 2. The van der Waals surface area contributed by atoms with Crippen molar-refractivity contribution in [3.63, 3.8) is 0 Å². The van der Waals surface area contributed by atoms with Gasteiger partial charge in [-0.1, -0.05) is 27.2 Å². The number of fused-ring (bicyclic) bond motifs is 1. The van der Waals surface area contributed by atoms with Crippen LogP contribution in [0, 0.1) is 29.6 Å². The molecule has 3 aliphatic rings. The molecule has 1 N–H and O–H groups in total. The highest BCUT2D eigenvalue weighted by Gasteiger charge is 2.42. The Hall–Kier alpha value is -0.0800. The minimum Gasteiger partial charge on any atom is -0.316 e. The number of hydrogen-bond donors (Lipinski definition) is 1. The second-order valence-corrected chi connectivity index (χ2v) is 7.53. The first-order chi connectivity index (χ1) is 8.65. The molecule has 0 spiro atoms. The summed E-state index contributed by atoms with van der Waals surface area (Å²) >= 11 is 0. The lowest BCUT2D eigenvalue weighted by Crippen LogP contribution is -2.45. The van der Waals surface area contributed by atoms with E-state index in [0.717, 1.165) is 35.6 Å². The van der Waals surface area contributed by atoms with Gasteiger partial charge < -0.3 is 5.32 Å². The van der Waals surface area contributed by atoms with Crippen molar-refractivity contribution in [2.45, 2.75) is 46.1 Å². The summed E-state index contributed by atoms with van der Waals surface area (Å²) in [6.45, 7) is 12.6. The van der Waals surface area contributed by atoms with Crippen LogP contribution in [0.3, 0.4) is 0 Å². The summed E-state index contributed by atoms with van der Waals surface area (Å²) < 4.78 is 0. The van der Waals surface area contributed by atoms with Crippen LogP contribution in [0.25, 0.3) is 0 Å². The van der Waals surface area contributed by atoms with Crippen LogP contribution in [0.5, 0.6) is 0 Å². The third kappa shape index (κ3) is 2.34. The normalized spacial score (nSPS) is 45.7. The van der Waals surface area contributed by atoms with E-state index in [1.807, 2.05) is 0 Å². The van der Waals surface area contributed by atoms with E-state index in [0.29, 0.717) is 0 Å². The number of nitrogens with zero attached hydrogens (tertiary/aromatic N) is 1. The Labute approximate surface area is 113 Å². The molecular weight excluding hydrogens is 220 g/mol. The summed E-state index contributed by atoms with van der Waals surface area (Å²) in [5, 5.41) is 3.56. The van der Waals surface area contributed by atoms with Gasteiger partial charge in [0.2, 0.25) is 0 Å². The van der Waals surface area contributed by atoms with Crippen molar-refractivity contribution in [3.8, 4) is 0 Å². The van der Waals surface area contributed by atoms with Gasteiger partial charge in [-0.3, -0.25) is 4.90 Å². The summed E-state index contributed by atoms with van der Waals surface area (Å²) in [5.41, 5.74) is 0. The fourth-order valence-corrected chi connectivity index (χ4v) is 4.73. The van der Waals surface area contributed by atoms with Gasteiger partial charge in [-0.15, -0.1) is 0 Å². The van der Waals surface area contributed by atoms with Gasteiger partial charge in [0.1, 0.15) is 0 Å².